The molecule has 0 spiro atoms. The highest BCUT2D eigenvalue weighted by Crippen LogP contribution is 2.18. The summed E-state index contributed by atoms with van der Waals surface area (Å²) in [7, 11) is 1.54. The average molecular weight is 335 g/mol. The van der Waals surface area contributed by atoms with Gasteiger partial charge in [-0.3, -0.25) is 9.59 Å². The fraction of sp³-hybridized carbons (Fsp3) is 0.0588. The predicted molar refractivity (Wildman–Crippen MR) is 92.1 cm³/mol. The number of anilines is 1. The van der Waals surface area contributed by atoms with Crippen molar-refractivity contribution in [3.63, 3.8) is 0 Å². The van der Waals surface area contributed by atoms with Crippen molar-refractivity contribution in [3.05, 3.63) is 64.6 Å². The molecule has 0 unspecified atom stereocenters. The second-order valence-corrected chi connectivity index (χ2v) is 5.36. The Balaban J connectivity index is 1.80. The van der Waals surface area contributed by atoms with Crippen LogP contribution in [-0.4, -0.2) is 32.8 Å². The van der Waals surface area contributed by atoms with Gasteiger partial charge >= 0.3 is 0 Å². The van der Waals surface area contributed by atoms with E-state index in [0.717, 1.165) is 0 Å². The zero-order valence-electron chi connectivity index (χ0n) is 13.2. The van der Waals surface area contributed by atoms with Crippen LogP contribution in [0, 0.1) is 0 Å². The van der Waals surface area contributed by atoms with E-state index in [-0.39, 0.29) is 11.2 Å². The first-order chi connectivity index (χ1) is 12.2. The van der Waals surface area contributed by atoms with E-state index in [1.54, 1.807) is 49.6 Å². The van der Waals surface area contributed by atoms with Gasteiger partial charge in [-0.05, 0) is 24.3 Å². The van der Waals surface area contributed by atoms with Gasteiger partial charge in [0, 0.05) is 11.8 Å². The molecule has 0 aliphatic carbocycles. The summed E-state index contributed by atoms with van der Waals surface area (Å²) in [5.74, 6) is 0.0819. The van der Waals surface area contributed by atoms with Gasteiger partial charge in [-0.15, -0.1) is 5.10 Å². The molecule has 0 saturated carbocycles. The number of fused-ring (bicyclic) bond motifs is 3. The van der Waals surface area contributed by atoms with Crippen molar-refractivity contribution in [1.29, 1.82) is 0 Å². The number of nitrogens with zero attached hydrogens (tertiary/aromatic N) is 3. The third kappa shape index (κ3) is 2.49. The number of methoxy groups -OCH3 is 1. The van der Waals surface area contributed by atoms with Crippen LogP contribution in [0.5, 0.6) is 5.75 Å². The summed E-state index contributed by atoms with van der Waals surface area (Å²) >= 11 is 0. The van der Waals surface area contributed by atoms with Crippen LogP contribution in [-0.2, 0) is 0 Å². The van der Waals surface area contributed by atoms with Crippen molar-refractivity contribution >= 4 is 28.1 Å². The molecule has 1 amide bonds. The van der Waals surface area contributed by atoms with E-state index in [1.807, 2.05) is 6.07 Å². The molecule has 0 bridgehead atoms. The third-order valence-electron chi connectivity index (χ3n) is 3.81. The Hall–Kier alpha value is -3.68. The largest absolute Gasteiger partial charge is 0.497 e. The number of hydrogen-bond donors (Lipinski definition) is 2. The fourth-order valence-electron chi connectivity index (χ4n) is 2.64. The average Bonchev–Trinajstić information content (AvgIpc) is 3.08. The Bertz CT molecular complexity index is 1160. The first kappa shape index (κ1) is 14.9. The van der Waals surface area contributed by atoms with Crippen LogP contribution < -0.4 is 15.6 Å². The molecule has 0 saturated heterocycles. The maximum Gasteiger partial charge on any atom is 0.278 e. The number of aromatic amines is 1. The Labute approximate surface area is 141 Å². The van der Waals surface area contributed by atoms with Gasteiger partial charge in [-0.2, -0.15) is 0 Å². The van der Waals surface area contributed by atoms with Gasteiger partial charge in [-0.1, -0.05) is 23.4 Å². The van der Waals surface area contributed by atoms with E-state index in [0.29, 0.717) is 22.5 Å². The fourth-order valence-corrected chi connectivity index (χ4v) is 2.64. The lowest BCUT2D eigenvalue weighted by Gasteiger charge is -2.05. The Morgan fingerprint density at radius 2 is 2.04 bits per heavy atom. The van der Waals surface area contributed by atoms with Crippen LogP contribution in [0.15, 0.2) is 53.3 Å². The first-order valence-corrected chi connectivity index (χ1v) is 7.49. The van der Waals surface area contributed by atoms with Gasteiger partial charge in [0.25, 0.3) is 11.5 Å². The minimum Gasteiger partial charge on any atom is -0.497 e. The van der Waals surface area contributed by atoms with Crippen LogP contribution in [0.4, 0.5) is 5.69 Å². The van der Waals surface area contributed by atoms with E-state index in [1.165, 1.54) is 4.52 Å². The minimum atomic E-state index is -0.524. The van der Waals surface area contributed by atoms with Gasteiger partial charge in [0.1, 0.15) is 5.75 Å². The monoisotopic (exact) mass is 335 g/mol. The summed E-state index contributed by atoms with van der Waals surface area (Å²) in [4.78, 5) is 27.7. The summed E-state index contributed by atoms with van der Waals surface area (Å²) in [5, 5.41) is 10.6. The number of H-pyrrole nitrogens is 1. The molecule has 8 nitrogen and oxygen atoms in total. The van der Waals surface area contributed by atoms with Crippen molar-refractivity contribution < 1.29 is 9.53 Å². The van der Waals surface area contributed by atoms with Crippen molar-refractivity contribution in [2.24, 2.45) is 0 Å². The molecule has 0 radical (unpaired) electrons. The SMILES string of the molecule is COc1cccc(NC(=O)c2nnn3c2c(=O)[nH]c2ccccc23)c1. The first-order valence-electron chi connectivity index (χ1n) is 7.49. The Kier molecular flexibility index (Phi) is 3.42. The lowest BCUT2D eigenvalue weighted by Crippen LogP contribution is -2.18. The molecular formula is C17H13N5O3. The summed E-state index contributed by atoms with van der Waals surface area (Å²) < 4.78 is 6.50. The number of benzene rings is 2. The third-order valence-corrected chi connectivity index (χ3v) is 3.81. The van der Waals surface area contributed by atoms with Crippen LogP contribution in [0.1, 0.15) is 10.5 Å². The number of rotatable bonds is 3. The molecule has 4 rings (SSSR count). The Morgan fingerprint density at radius 3 is 2.88 bits per heavy atom. The summed E-state index contributed by atoms with van der Waals surface area (Å²) in [5.41, 5.74) is 1.42. The quantitative estimate of drug-likeness (QED) is 0.595. The zero-order chi connectivity index (χ0) is 17.4. The van der Waals surface area contributed by atoms with E-state index < -0.39 is 11.5 Å². The number of amides is 1. The van der Waals surface area contributed by atoms with Crippen molar-refractivity contribution in [2.75, 3.05) is 12.4 Å². The maximum absolute atomic E-state index is 12.6. The highest BCUT2D eigenvalue weighted by atomic mass is 16.5. The van der Waals surface area contributed by atoms with Gasteiger partial charge in [0.05, 0.1) is 18.1 Å². The van der Waals surface area contributed by atoms with Crippen molar-refractivity contribution in [3.8, 4) is 5.75 Å². The number of carbonyl (C=O) groups is 1. The molecular weight excluding hydrogens is 322 g/mol. The van der Waals surface area contributed by atoms with Crippen LogP contribution in [0.25, 0.3) is 16.6 Å². The van der Waals surface area contributed by atoms with Crippen LogP contribution in [0.3, 0.4) is 0 Å². The topological polar surface area (TPSA) is 101 Å². The zero-order valence-corrected chi connectivity index (χ0v) is 13.2. The molecule has 124 valence electrons. The molecule has 0 aliphatic heterocycles. The number of ether oxygens (including phenoxy) is 1. The lowest BCUT2D eigenvalue weighted by atomic mass is 10.2. The van der Waals surface area contributed by atoms with Crippen LogP contribution in [0.2, 0.25) is 0 Å². The van der Waals surface area contributed by atoms with E-state index in [2.05, 4.69) is 20.6 Å². The molecule has 0 aliphatic rings. The van der Waals surface area contributed by atoms with Crippen molar-refractivity contribution in [2.45, 2.75) is 0 Å². The second kappa shape index (κ2) is 5.75. The molecule has 2 aromatic carbocycles. The highest BCUT2D eigenvalue weighted by molar-refractivity contribution is 6.07. The van der Waals surface area contributed by atoms with Crippen molar-refractivity contribution in [1.82, 2.24) is 19.8 Å². The van der Waals surface area contributed by atoms with Gasteiger partial charge in [0.2, 0.25) is 0 Å². The number of aromatic nitrogens is 4. The molecule has 2 heterocycles. The molecule has 8 heteroatoms. The summed E-state index contributed by atoms with van der Waals surface area (Å²) in [6.45, 7) is 0. The molecule has 4 aromatic rings. The van der Waals surface area contributed by atoms with E-state index >= 15 is 0 Å². The number of hydrogen-bond acceptors (Lipinski definition) is 5. The lowest BCUT2D eigenvalue weighted by molar-refractivity contribution is 0.102. The number of para-hydroxylation sites is 2. The summed E-state index contributed by atoms with van der Waals surface area (Å²) in [6.07, 6.45) is 0. The molecule has 0 atom stereocenters. The standard InChI is InChI=1S/C17H13N5O3/c1-25-11-6-4-5-10(9-11)18-16(23)14-15-17(24)19-12-7-2-3-8-13(12)22(15)21-20-14/h2-9H,1H3,(H,18,23)(H,19,24). The van der Waals surface area contributed by atoms with Gasteiger partial charge < -0.3 is 15.0 Å². The number of carbonyl (C=O) groups excluding carboxylic acids is 1. The molecule has 2 aromatic heterocycles. The van der Waals surface area contributed by atoms with E-state index in [4.69, 9.17) is 4.74 Å². The van der Waals surface area contributed by atoms with Gasteiger partial charge in [-0.25, -0.2) is 4.52 Å². The van der Waals surface area contributed by atoms with Crippen LogP contribution >= 0.6 is 0 Å². The normalized spacial score (nSPS) is 10.9. The smallest absolute Gasteiger partial charge is 0.278 e. The second-order valence-electron chi connectivity index (χ2n) is 5.36. The predicted octanol–water partition coefficient (Wildman–Crippen LogP) is 1.83. The minimum absolute atomic E-state index is 0.0465. The Morgan fingerprint density at radius 1 is 1.20 bits per heavy atom. The molecule has 2 N–H and O–H groups in total. The van der Waals surface area contributed by atoms with Gasteiger partial charge in [0.15, 0.2) is 11.2 Å². The number of nitrogens with one attached hydrogen (secondary N) is 2. The maximum atomic E-state index is 12.6. The van der Waals surface area contributed by atoms with E-state index in [9.17, 15) is 9.59 Å². The molecule has 0 fully saturated rings. The highest BCUT2D eigenvalue weighted by Gasteiger charge is 2.19. The molecule has 25 heavy (non-hydrogen) atoms. The summed E-state index contributed by atoms with van der Waals surface area (Å²) in [6, 6.07) is 14.1.